The van der Waals surface area contributed by atoms with Gasteiger partial charge in [-0.3, -0.25) is 4.79 Å². The Bertz CT molecular complexity index is 956. The molecule has 0 saturated heterocycles. The van der Waals surface area contributed by atoms with Gasteiger partial charge in [-0.05, 0) is 36.4 Å². The molecular formula is C18H16F3N3O2S. The number of nitrogens with one attached hydrogen (secondary N) is 1. The fraction of sp³-hybridized carbons (Fsp3) is 0.222. The third-order valence-electron chi connectivity index (χ3n) is 3.79. The van der Waals surface area contributed by atoms with Crippen LogP contribution in [0.3, 0.4) is 0 Å². The Hall–Kier alpha value is -2.52. The first kappa shape index (κ1) is 19.2. The second-order valence-corrected chi connectivity index (χ2v) is 6.69. The van der Waals surface area contributed by atoms with E-state index in [0.717, 1.165) is 10.9 Å². The van der Waals surface area contributed by atoms with Crippen LogP contribution in [0.2, 0.25) is 0 Å². The molecule has 3 aromatic rings. The largest absolute Gasteiger partial charge is 0.447 e. The lowest BCUT2D eigenvalue weighted by Gasteiger charge is -2.11. The molecule has 1 aromatic carbocycles. The standard InChI is InChI=1S/C18H16F3N3O2S/c1-26-10-9-24-8-6-12-11-13(4-5-15(12)24)23-16(25)14-3-2-7-22-17(14)27-18(19,20)21/h2-8,11H,9-10H2,1H3,(H,23,25). The minimum Gasteiger partial charge on any atom is -0.383 e. The van der Waals surface area contributed by atoms with E-state index in [1.165, 1.54) is 18.3 Å². The van der Waals surface area contributed by atoms with Crippen LogP contribution in [0.25, 0.3) is 10.9 Å². The van der Waals surface area contributed by atoms with Crippen LogP contribution < -0.4 is 5.32 Å². The summed E-state index contributed by atoms with van der Waals surface area (Å²) in [6.07, 6.45) is 3.13. The molecule has 142 valence electrons. The highest BCUT2D eigenvalue weighted by Gasteiger charge is 2.32. The zero-order valence-electron chi connectivity index (χ0n) is 14.3. The molecule has 0 fully saturated rings. The highest BCUT2D eigenvalue weighted by atomic mass is 32.2. The van der Waals surface area contributed by atoms with Crippen molar-refractivity contribution in [2.24, 2.45) is 0 Å². The lowest BCUT2D eigenvalue weighted by atomic mass is 10.2. The van der Waals surface area contributed by atoms with Crippen LogP contribution >= 0.6 is 11.8 Å². The third-order valence-corrected chi connectivity index (χ3v) is 4.54. The molecule has 0 radical (unpaired) electrons. The normalized spacial score (nSPS) is 11.7. The van der Waals surface area contributed by atoms with Crippen molar-refractivity contribution in [2.75, 3.05) is 19.0 Å². The highest BCUT2D eigenvalue weighted by molar-refractivity contribution is 8.00. The zero-order chi connectivity index (χ0) is 19.4. The Kier molecular flexibility index (Phi) is 5.71. The molecule has 0 aliphatic heterocycles. The first-order valence-electron chi connectivity index (χ1n) is 7.97. The number of hydrogen-bond donors (Lipinski definition) is 1. The number of hydrogen-bond acceptors (Lipinski definition) is 4. The van der Waals surface area contributed by atoms with Crippen LogP contribution in [0.1, 0.15) is 10.4 Å². The minimum absolute atomic E-state index is 0.127. The molecule has 0 bridgehead atoms. The van der Waals surface area contributed by atoms with Crippen LogP contribution in [-0.2, 0) is 11.3 Å². The van der Waals surface area contributed by atoms with E-state index < -0.39 is 23.2 Å². The number of halogens is 3. The molecule has 5 nitrogen and oxygen atoms in total. The van der Waals surface area contributed by atoms with Crippen molar-refractivity contribution in [3.05, 3.63) is 54.4 Å². The molecule has 1 N–H and O–H groups in total. The molecule has 0 saturated carbocycles. The molecule has 0 aliphatic carbocycles. The Morgan fingerprint density at radius 1 is 1.30 bits per heavy atom. The molecule has 9 heteroatoms. The number of methoxy groups -OCH3 is 1. The molecule has 2 aromatic heterocycles. The second kappa shape index (κ2) is 8.01. The van der Waals surface area contributed by atoms with Crippen LogP contribution in [0.4, 0.5) is 18.9 Å². The number of aromatic nitrogens is 2. The fourth-order valence-corrected chi connectivity index (χ4v) is 3.22. The molecule has 1 amide bonds. The van der Waals surface area contributed by atoms with Crippen molar-refractivity contribution in [3.63, 3.8) is 0 Å². The second-order valence-electron chi connectivity index (χ2n) is 5.63. The van der Waals surface area contributed by atoms with Crippen LogP contribution in [0, 0.1) is 0 Å². The maximum atomic E-state index is 12.7. The van der Waals surface area contributed by atoms with Gasteiger partial charge in [-0.25, -0.2) is 4.98 Å². The molecule has 27 heavy (non-hydrogen) atoms. The van der Waals surface area contributed by atoms with E-state index in [2.05, 4.69) is 10.3 Å². The Morgan fingerprint density at radius 2 is 2.11 bits per heavy atom. The van der Waals surface area contributed by atoms with Crippen LogP contribution in [-0.4, -0.2) is 34.7 Å². The van der Waals surface area contributed by atoms with E-state index in [1.54, 1.807) is 19.2 Å². The number of fused-ring (bicyclic) bond motifs is 1. The first-order valence-corrected chi connectivity index (χ1v) is 8.79. The summed E-state index contributed by atoms with van der Waals surface area (Å²) in [5.74, 6) is -0.645. The predicted octanol–water partition coefficient (Wildman–Crippen LogP) is 4.55. The van der Waals surface area contributed by atoms with Crippen molar-refractivity contribution in [1.82, 2.24) is 9.55 Å². The Morgan fingerprint density at radius 3 is 2.85 bits per heavy atom. The summed E-state index contributed by atoms with van der Waals surface area (Å²) in [7, 11) is 1.63. The summed E-state index contributed by atoms with van der Waals surface area (Å²) in [5.41, 5.74) is -3.19. The lowest BCUT2D eigenvalue weighted by molar-refractivity contribution is -0.0329. The molecule has 0 atom stereocenters. The van der Waals surface area contributed by atoms with Crippen molar-refractivity contribution in [1.29, 1.82) is 0 Å². The lowest BCUT2D eigenvalue weighted by Crippen LogP contribution is -2.14. The number of carbonyl (C=O) groups excluding carboxylic acids is 1. The quantitative estimate of drug-likeness (QED) is 0.623. The number of benzene rings is 1. The topological polar surface area (TPSA) is 56.1 Å². The summed E-state index contributed by atoms with van der Waals surface area (Å²) in [4.78, 5) is 16.1. The predicted molar refractivity (Wildman–Crippen MR) is 97.9 cm³/mol. The van der Waals surface area contributed by atoms with Crippen molar-refractivity contribution in [3.8, 4) is 0 Å². The van der Waals surface area contributed by atoms with Gasteiger partial charge in [0.05, 0.1) is 12.2 Å². The van der Waals surface area contributed by atoms with Gasteiger partial charge in [0, 0.05) is 54.4 Å². The number of anilines is 1. The molecule has 0 unspecified atom stereocenters. The zero-order valence-corrected chi connectivity index (χ0v) is 15.1. The van der Waals surface area contributed by atoms with Gasteiger partial charge < -0.3 is 14.6 Å². The number of nitrogens with zero attached hydrogens (tertiary/aromatic N) is 2. The Balaban J connectivity index is 1.80. The molecular weight excluding hydrogens is 379 g/mol. The third kappa shape index (κ3) is 4.81. The summed E-state index contributed by atoms with van der Waals surface area (Å²) in [6.45, 7) is 1.27. The number of amides is 1. The number of thioether (sulfide) groups is 1. The van der Waals surface area contributed by atoms with Gasteiger partial charge in [0.25, 0.3) is 5.91 Å². The van der Waals surface area contributed by atoms with E-state index >= 15 is 0 Å². The average molecular weight is 395 g/mol. The van der Waals surface area contributed by atoms with Crippen molar-refractivity contribution >= 4 is 34.3 Å². The monoisotopic (exact) mass is 395 g/mol. The molecule has 3 rings (SSSR count). The van der Waals surface area contributed by atoms with Gasteiger partial charge in [0.2, 0.25) is 0 Å². The van der Waals surface area contributed by atoms with Gasteiger partial charge in [0.1, 0.15) is 5.03 Å². The highest BCUT2D eigenvalue weighted by Crippen LogP contribution is 2.37. The van der Waals surface area contributed by atoms with E-state index in [-0.39, 0.29) is 10.6 Å². The fourth-order valence-electron chi connectivity index (χ4n) is 2.62. The number of ether oxygens (including phenoxy) is 1. The van der Waals surface area contributed by atoms with E-state index in [1.807, 2.05) is 22.9 Å². The number of rotatable bonds is 6. The molecule has 0 aliphatic rings. The number of carbonyl (C=O) groups is 1. The molecule has 0 spiro atoms. The summed E-state index contributed by atoms with van der Waals surface area (Å²) in [5, 5.41) is 3.16. The minimum atomic E-state index is -4.52. The molecule has 2 heterocycles. The summed E-state index contributed by atoms with van der Waals surface area (Å²) >= 11 is -0.407. The first-order chi connectivity index (χ1) is 12.9. The average Bonchev–Trinajstić information content (AvgIpc) is 3.01. The maximum absolute atomic E-state index is 12.7. The van der Waals surface area contributed by atoms with Crippen molar-refractivity contribution in [2.45, 2.75) is 17.1 Å². The van der Waals surface area contributed by atoms with Gasteiger partial charge >= 0.3 is 5.51 Å². The van der Waals surface area contributed by atoms with E-state index in [0.29, 0.717) is 18.8 Å². The number of alkyl halides is 3. The summed E-state index contributed by atoms with van der Waals surface area (Å²) < 4.78 is 45.1. The van der Waals surface area contributed by atoms with Gasteiger partial charge in [0.15, 0.2) is 0 Å². The summed E-state index contributed by atoms with van der Waals surface area (Å²) in [6, 6.07) is 9.95. The van der Waals surface area contributed by atoms with Gasteiger partial charge in [-0.1, -0.05) is 0 Å². The maximum Gasteiger partial charge on any atom is 0.447 e. The smallest absolute Gasteiger partial charge is 0.383 e. The number of pyridine rings is 1. The van der Waals surface area contributed by atoms with Gasteiger partial charge in [-0.15, -0.1) is 0 Å². The van der Waals surface area contributed by atoms with Gasteiger partial charge in [-0.2, -0.15) is 13.2 Å². The van der Waals surface area contributed by atoms with Crippen molar-refractivity contribution < 1.29 is 22.7 Å². The van der Waals surface area contributed by atoms with E-state index in [4.69, 9.17) is 4.74 Å². The van der Waals surface area contributed by atoms with Crippen LogP contribution in [0.15, 0.2) is 53.8 Å². The Labute approximate surface area is 157 Å². The van der Waals surface area contributed by atoms with E-state index in [9.17, 15) is 18.0 Å². The SMILES string of the molecule is COCCn1ccc2cc(NC(=O)c3cccnc3SC(F)(F)F)ccc21. The van der Waals surface area contributed by atoms with Crippen LogP contribution in [0.5, 0.6) is 0 Å².